The molecule has 4 heterocycles. The van der Waals surface area contributed by atoms with Crippen molar-refractivity contribution in [3.63, 3.8) is 0 Å². The molecule has 0 radical (unpaired) electrons. The number of benzene rings is 2. The van der Waals surface area contributed by atoms with Gasteiger partial charge in [0.05, 0.1) is 11.4 Å². The Morgan fingerprint density at radius 1 is 0.651 bits per heavy atom. The Hall–Kier alpha value is -3.63. The van der Waals surface area contributed by atoms with Crippen molar-refractivity contribution in [2.75, 3.05) is 0 Å². The Morgan fingerprint density at radius 3 is 1.86 bits per heavy atom. The van der Waals surface area contributed by atoms with Crippen molar-refractivity contribution in [3.05, 3.63) is 95.1 Å². The van der Waals surface area contributed by atoms with E-state index in [1.54, 1.807) is 0 Å². The molecule has 0 saturated carbocycles. The molecular weight excluding hydrogens is 712 g/mol. The SMILES string of the molecule is CC(C)(C)c1ccncc1.[Pt+2].c1ccc2cc3c(-c4[n-]nc5c4CCCC5)nc(-c4[n-]nc5c4CCCC5)cc3cc2c1. The van der Waals surface area contributed by atoms with E-state index >= 15 is 0 Å². The summed E-state index contributed by atoms with van der Waals surface area (Å²) in [6.45, 7) is 6.59. The molecule has 0 N–H and O–H groups in total. The van der Waals surface area contributed by atoms with Crippen LogP contribution >= 0.6 is 0 Å². The van der Waals surface area contributed by atoms with E-state index < -0.39 is 0 Å². The van der Waals surface area contributed by atoms with E-state index in [1.807, 2.05) is 12.4 Å². The van der Waals surface area contributed by atoms with Gasteiger partial charge in [0.1, 0.15) is 0 Å². The Kier molecular flexibility index (Phi) is 8.33. The zero-order chi connectivity index (χ0) is 28.7. The molecule has 0 fully saturated rings. The first-order valence-electron chi connectivity index (χ1n) is 15.2. The summed E-state index contributed by atoms with van der Waals surface area (Å²) in [4.78, 5) is 9.16. The second kappa shape index (κ2) is 12.2. The van der Waals surface area contributed by atoms with Gasteiger partial charge in [-0.3, -0.25) is 9.97 Å². The van der Waals surface area contributed by atoms with Gasteiger partial charge in [0, 0.05) is 29.2 Å². The zero-order valence-corrected chi connectivity index (χ0v) is 27.3. The average Bonchev–Trinajstić information content (AvgIpc) is 3.65. The second-order valence-electron chi connectivity index (χ2n) is 12.6. The summed E-state index contributed by atoms with van der Waals surface area (Å²) < 4.78 is 0. The van der Waals surface area contributed by atoms with E-state index in [2.05, 4.69) is 101 Å². The van der Waals surface area contributed by atoms with E-state index in [0.717, 1.165) is 65.2 Å². The van der Waals surface area contributed by atoms with E-state index in [0.29, 0.717) is 0 Å². The standard InChI is InChI=1S/C27H23N5.C9H13N.Pt/c1-2-8-17-14-21-18(13-16(17)7-1)15-24(25-19-9-3-5-11-22(19)29-31-25)28-26(21)27-20-10-4-6-12-23(20)30-32-27;1-9(2,3)8-4-6-10-7-5-8;/h1-2,7-8,13-15H,3-6,9-12H2;4-7H,1-3H3;/q-2;;+2. The normalized spacial score (nSPS) is 14.4. The first-order valence-corrected chi connectivity index (χ1v) is 15.2. The minimum absolute atomic E-state index is 0. The van der Waals surface area contributed by atoms with Crippen LogP contribution in [0.3, 0.4) is 0 Å². The van der Waals surface area contributed by atoms with Crippen molar-refractivity contribution in [1.29, 1.82) is 0 Å². The molecule has 0 spiro atoms. The number of rotatable bonds is 2. The molecule has 0 amide bonds. The maximum Gasteiger partial charge on any atom is 2.00 e. The number of fused-ring (bicyclic) bond motifs is 4. The third-order valence-corrected chi connectivity index (χ3v) is 8.70. The summed E-state index contributed by atoms with van der Waals surface area (Å²) in [6, 6.07) is 19.3. The Balaban J connectivity index is 0.000000258. The first kappa shape index (κ1) is 29.4. The summed E-state index contributed by atoms with van der Waals surface area (Å²) in [7, 11) is 0. The molecule has 0 unspecified atom stereocenters. The average molecular weight is 748 g/mol. The smallest absolute Gasteiger partial charge is 0.573 e. The molecule has 6 aromatic rings. The molecule has 2 aliphatic rings. The van der Waals surface area contributed by atoms with E-state index in [4.69, 9.17) is 4.98 Å². The number of nitrogens with zero attached hydrogens (tertiary/aromatic N) is 6. The molecular formula is C36H36N6Pt. The third kappa shape index (κ3) is 5.82. The Bertz CT molecular complexity index is 1880. The van der Waals surface area contributed by atoms with Gasteiger partial charge in [-0.2, -0.15) is 0 Å². The van der Waals surface area contributed by atoms with Gasteiger partial charge in [-0.15, -0.1) is 0 Å². The van der Waals surface area contributed by atoms with E-state index in [1.165, 1.54) is 58.5 Å². The quantitative estimate of drug-likeness (QED) is 0.170. The summed E-state index contributed by atoms with van der Waals surface area (Å²) >= 11 is 0. The van der Waals surface area contributed by atoms with Gasteiger partial charge in [0.25, 0.3) is 0 Å². The Morgan fingerprint density at radius 2 is 1.23 bits per heavy atom. The van der Waals surface area contributed by atoms with E-state index in [-0.39, 0.29) is 26.5 Å². The molecule has 6 nitrogen and oxygen atoms in total. The fraction of sp³-hybridized carbons (Fsp3) is 0.333. The number of aryl methyl sites for hydroxylation is 2. The maximum atomic E-state index is 5.20. The predicted molar refractivity (Wildman–Crippen MR) is 169 cm³/mol. The van der Waals surface area contributed by atoms with Crippen molar-refractivity contribution in [3.8, 4) is 22.8 Å². The monoisotopic (exact) mass is 747 g/mol. The molecule has 2 aliphatic carbocycles. The zero-order valence-electron chi connectivity index (χ0n) is 25.0. The Labute approximate surface area is 267 Å². The van der Waals surface area contributed by atoms with Crippen LogP contribution in [0.25, 0.3) is 44.3 Å². The topological polar surface area (TPSA) is 79.8 Å². The van der Waals surface area contributed by atoms with E-state index in [9.17, 15) is 0 Å². The number of pyridine rings is 2. The maximum absolute atomic E-state index is 5.20. The van der Waals surface area contributed by atoms with Gasteiger partial charge in [-0.25, -0.2) is 0 Å². The third-order valence-electron chi connectivity index (χ3n) is 8.70. The minimum atomic E-state index is 0. The second-order valence-corrected chi connectivity index (χ2v) is 12.6. The largest absolute Gasteiger partial charge is 2.00 e. The molecule has 0 aliphatic heterocycles. The molecule has 4 aromatic heterocycles. The van der Waals surface area contributed by atoms with Crippen LogP contribution in [0.5, 0.6) is 0 Å². The predicted octanol–water partition coefficient (Wildman–Crippen LogP) is 7.56. The van der Waals surface area contributed by atoms with Crippen molar-refractivity contribution < 1.29 is 21.1 Å². The van der Waals surface area contributed by atoms with Crippen LogP contribution in [0, 0.1) is 0 Å². The number of hydrogen-bond acceptors (Lipinski definition) is 4. The van der Waals surface area contributed by atoms with Crippen molar-refractivity contribution in [2.45, 2.75) is 77.6 Å². The molecule has 2 aromatic carbocycles. The molecule has 0 saturated heterocycles. The van der Waals surface area contributed by atoms with Crippen molar-refractivity contribution in [1.82, 2.24) is 30.4 Å². The molecule has 0 bridgehead atoms. The van der Waals surface area contributed by atoms with Crippen molar-refractivity contribution in [2.24, 2.45) is 0 Å². The first-order chi connectivity index (χ1) is 20.5. The summed E-state index contributed by atoms with van der Waals surface area (Å²) in [6.07, 6.45) is 12.6. The van der Waals surface area contributed by atoms with Gasteiger partial charge < -0.3 is 20.4 Å². The van der Waals surface area contributed by atoms with Gasteiger partial charge in [-0.1, -0.05) is 56.4 Å². The fourth-order valence-electron chi connectivity index (χ4n) is 6.34. The van der Waals surface area contributed by atoms with Crippen LogP contribution in [-0.4, -0.2) is 20.2 Å². The molecule has 43 heavy (non-hydrogen) atoms. The van der Waals surface area contributed by atoms with Crippen LogP contribution in [0.15, 0.2) is 67.0 Å². The van der Waals surface area contributed by atoms with Crippen molar-refractivity contribution >= 4 is 21.5 Å². The number of aromatic nitrogens is 6. The molecule has 220 valence electrons. The van der Waals surface area contributed by atoms with Gasteiger partial charge in [-0.05, 0) is 120 Å². The molecule has 8 rings (SSSR count). The summed E-state index contributed by atoms with van der Waals surface area (Å²) in [5.74, 6) is 0. The molecule has 7 heteroatoms. The van der Waals surface area contributed by atoms with Crippen LogP contribution in [0.1, 0.15) is 74.5 Å². The number of hydrogen-bond donors (Lipinski definition) is 0. The van der Waals surface area contributed by atoms with Gasteiger partial charge >= 0.3 is 21.1 Å². The van der Waals surface area contributed by atoms with Gasteiger partial charge in [0.15, 0.2) is 0 Å². The summed E-state index contributed by atoms with van der Waals surface area (Å²) in [5, 5.41) is 23.1. The fourth-order valence-corrected chi connectivity index (χ4v) is 6.34. The van der Waals surface area contributed by atoms with Gasteiger partial charge in [0.2, 0.25) is 0 Å². The minimum Gasteiger partial charge on any atom is -0.573 e. The van der Waals surface area contributed by atoms with Crippen LogP contribution in [0.2, 0.25) is 0 Å². The van der Waals surface area contributed by atoms with Crippen LogP contribution < -0.4 is 10.2 Å². The molecule has 0 atom stereocenters. The summed E-state index contributed by atoms with van der Waals surface area (Å²) in [5.41, 5.74) is 10.2. The van der Waals surface area contributed by atoms with Crippen LogP contribution in [0.4, 0.5) is 0 Å². The van der Waals surface area contributed by atoms with Crippen LogP contribution in [-0.2, 0) is 52.2 Å².